The van der Waals surface area contributed by atoms with E-state index in [1.807, 2.05) is 0 Å². The SMILES string of the molecule is CC(C)(n1cc(C(N)=O)cn1)C(F)(F)F. The van der Waals surface area contributed by atoms with Crippen molar-refractivity contribution in [3.05, 3.63) is 18.0 Å². The quantitative estimate of drug-likeness (QED) is 0.817. The zero-order valence-corrected chi connectivity index (χ0v) is 8.17. The molecule has 0 aliphatic rings. The monoisotopic (exact) mass is 221 g/mol. The highest BCUT2D eigenvalue weighted by Crippen LogP contribution is 2.35. The lowest BCUT2D eigenvalue weighted by Gasteiger charge is -2.27. The second-order valence-electron chi connectivity index (χ2n) is 3.59. The summed E-state index contributed by atoms with van der Waals surface area (Å²) >= 11 is 0. The molecule has 1 heterocycles. The molecule has 0 unspecified atom stereocenters. The van der Waals surface area contributed by atoms with Crippen LogP contribution in [0.5, 0.6) is 0 Å². The van der Waals surface area contributed by atoms with Gasteiger partial charge < -0.3 is 5.73 Å². The Bertz CT molecular complexity index is 381. The molecule has 0 radical (unpaired) electrons. The van der Waals surface area contributed by atoms with Crippen LogP contribution in [-0.2, 0) is 5.54 Å². The summed E-state index contributed by atoms with van der Waals surface area (Å²) in [7, 11) is 0. The predicted molar refractivity (Wildman–Crippen MR) is 46.1 cm³/mol. The van der Waals surface area contributed by atoms with Gasteiger partial charge in [0.2, 0.25) is 0 Å². The van der Waals surface area contributed by atoms with Crippen LogP contribution in [0.3, 0.4) is 0 Å². The Morgan fingerprint density at radius 1 is 1.47 bits per heavy atom. The maximum Gasteiger partial charge on any atom is 0.413 e. The number of hydrogen-bond acceptors (Lipinski definition) is 2. The molecule has 0 saturated heterocycles. The van der Waals surface area contributed by atoms with Crippen molar-refractivity contribution >= 4 is 5.91 Å². The number of aromatic nitrogens is 2. The van der Waals surface area contributed by atoms with Gasteiger partial charge in [-0.3, -0.25) is 9.48 Å². The van der Waals surface area contributed by atoms with Crippen LogP contribution in [0.25, 0.3) is 0 Å². The van der Waals surface area contributed by atoms with Crippen LogP contribution in [-0.4, -0.2) is 21.9 Å². The van der Waals surface area contributed by atoms with Crippen molar-refractivity contribution in [2.45, 2.75) is 25.6 Å². The topological polar surface area (TPSA) is 60.9 Å². The summed E-state index contributed by atoms with van der Waals surface area (Å²) in [6, 6.07) is 0. The number of carbonyl (C=O) groups is 1. The van der Waals surface area contributed by atoms with Crippen LogP contribution in [0.1, 0.15) is 24.2 Å². The Balaban J connectivity index is 3.11. The zero-order valence-electron chi connectivity index (χ0n) is 8.17. The molecule has 7 heteroatoms. The van der Waals surface area contributed by atoms with Gasteiger partial charge in [0.1, 0.15) is 0 Å². The van der Waals surface area contributed by atoms with Gasteiger partial charge >= 0.3 is 6.18 Å². The smallest absolute Gasteiger partial charge is 0.366 e. The van der Waals surface area contributed by atoms with E-state index in [1.165, 1.54) is 0 Å². The highest BCUT2D eigenvalue weighted by Gasteiger charge is 2.49. The number of carbonyl (C=O) groups excluding carboxylic acids is 1. The van der Waals surface area contributed by atoms with E-state index < -0.39 is 17.6 Å². The van der Waals surface area contributed by atoms with Gasteiger partial charge in [0, 0.05) is 6.20 Å². The summed E-state index contributed by atoms with van der Waals surface area (Å²) in [5, 5.41) is 3.47. The number of nitrogens with zero attached hydrogens (tertiary/aromatic N) is 2. The standard InChI is InChI=1S/C8H10F3N3O/c1-7(2,8(9,10)11)14-4-5(3-13-14)6(12)15/h3-4H,1-2H3,(H2,12,15). The third-order valence-electron chi connectivity index (χ3n) is 2.13. The van der Waals surface area contributed by atoms with Crippen LogP contribution < -0.4 is 5.73 Å². The minimum Gasteiger partial charge on any atom is -0.366 e. The molecule has 1 aromatic rings. The van der Waals surface area contributed by atoms with Crippen LogP contribution >= 0.6 is 0 Å². The highest BCUT2D eigenvalue weighted by atomic mass is 19.4. The molecule has 1 amide bonds. The molecule has 2 N–H and O–H groups in total. The van der Waals surface area contributed by atoms with E-state index in [0.717, 1.165) is 26.2 Å². The summed E-state index contributed by atoms with van der Waals surface area (Å²) in [5.41, 5.74) is 2.69. The highest BCUT2D eigenvalue weighted by molar-refractivity contribution is 5.92. The normalized spacial score (nSPS) is 12.9. The van der Waals surface area contributed by atoms with Crippen LogP contribution in [0.2, 0.25) is 0 Å². The fourth-order valence-corrected chi connectivity index (χ4v) is 0.886. The van der Waals surface area contributed by atoms with E-state index in [1.54, 1.807) is 0 Å². The number of alkyl halides is 3. The van der Waals surface area contributed by atoms with Crippen LogP contribution in [0.4, 0.5) is 13.2 Å². The first kappa shape index (κ1) is 11.5. The third-order valence-corrected chi connectivity index (χ3v) is 2.13. The van der Waals surface area contributed by atoms with E-state index in [9.17, 15) is 18.0 Å². The van der Waals surface area contributed by atoms with Gasteiger partial charge in [-0.2, -0.15) is 18.3 Å². The molecule has 0 saturated carbocycles. The van der Waals surface area contributed by atoms with Crippen molar-refractivity contribution in [1.29, 1.82) is 0 Å². The van der Waals surface area contributed by atoms with Gasteiger partial charge in [-0.25, -0.2) is 0 Å². The van der Waals surface area contributed by atoms with E-state index in [0.29, 0.717) is 4.68 Å². The lowest BCUT2D eigenvalue weighted by atomic mass is 10.1. The number of amides is 1. The Kier molecular flexibility index (Phi) is 2.50. The first-order chi connectivity index (χ1) is 6.66. The van der Waals surface area contributed by atoms with Crippen molar-refractivity contribution in [1.82, 2.24) is 9.78 Å². The van der Waals surface area contributed by atoms with Gasteiger partial charge in [0.15, 0.2) is 5.54 Å². The number of rotatable bonds is 2. The summed E-state index contributed by atoms with van der Waals surface area (Å²) in [5.74, 6) is -0.806. The first-order valence-electron chi connectivity index (χ1n) is 4.08. The van der Waals surface area contributed by atoms with Gasteiger partial charge in [0.25, 0.3) is 5.91 Å². The van der Waals surface area contributed by atoms with Gasteiger partial charge in [0.05, 0.1) is 11.8 Å². The molecule has 0 fully saturated rings. The van der Waals surface area contributed by atoms with Crippen molar-refractivity contribution < 1.29 is 18.0 Å². The summed E-state index contributed by atoms with van der Waals surface area (Å²) in [6.07, 6.45) is -2.46. The maximum absolute atomic E-state index is 12.6. The van der Waals surface area contributed by atoms with Crippen LogP contribution in [0, 0.1) is 0 Å². The van der Waals surface area contributed by atoms with E-state index in [4.69, 9.17) is 5.73 Å². The average molecular weight is 221 g/mol. The molecule has 15 heavy (non-hydrogen) atoms. The van der Waals surface area contributed by atoms with Crippen molar-refractivity contribution in [2.24, 2.45) is 5.73 Å². The fourth-order valence-electron chi connectivity index (χ4n) is 0.886. The minimum atomic E-state index is -4.45. The lowest BCUT2D eigenvalue weighted by Crippen LogP contribution is -2.42. The maximum atomic E-state index is 12.6. The van der Waals surface area contributed by atoms with Crippen molar-refractivity contribution in [3.8, 4) is 0 Å². The molecule has 0 spiro atoms. The molecule has 0 bridgehead atoms. The molecule has 84 valence electrons. The number of primary amides is 1. The van der Waals surface area contributed by atoms with Crippen molar-refractivity contribution in [3.63, 3.8) is 0 Å². The Morgan fingerprint density at radius 2 is 2.00 bits per heavy atom. The average Bonchev–Trinajstić information content (AvgIpc) is 2.49. The molecule has 0 aliphatic heterocycles. The largest absolute Gasteiger partial charge is 0.413 e. The van der Waals surface area contributed by atoms with Crippen LogP contribution in [0.15, 0.2) is 12.4 Å². The second kappa shape index (κ2) is 3.25. The van der Waals surface area contributed by atoms with E-state index in [2.05, 4.69) is 5.10 Å². The molecule has 0 aliphatic carbocycles. The fraction of sp³-hybridized carbons (Fsp3) is 0.500. The summed E-state index contributed by atoms with van der Waals surface area (Å²) < 4.78 is 38.3. The van der Waals surface area contributed by atoms with Gasteiger partial charge in [-0.05, 0) is 13.8 Å². The molecule has 0 aromatic carbocycles. The molecule has 1 rings (SSSR count). The van der Waals surface area contributed by atoms with E-state index >= 15 is 0 Å². The summed E-state index contributed by atoms with van der Waals surface area (Å²) in [4.78, 5) is 10.7. The lowest BCUT2D eigenvalue weighted by molar-refractivity contribution is -0.205. The molecule has 4 nitrogen and oxygen atoms in total. The zero-order chi connectivity index (χ0) is 11.9. The number of hydrogen-bond donors (Lipinski definition) is 1. The minimum absolute atomic E-state index is 0.0488. The Labute approximate surface area is 83.9 Å². The Morgan fingerprint density at radius 3 is 2.33 bits per heavy atom. The molecular formula is C8H10F3N3O. The molecular weight excluding hydrogens is 211 g/mol. The number of nitrogens with two attached hydrogens (primary N) is 1. The van der Waals surface area contributed by atoms with E-state index in [-0.39, 0.29) is 5.56 Å². The third kappa shape index (κ3) is 1.95. The second-order valence-corrected chi connectivity index (χ2v) is 3.59. The van der Waals surface area contributed by atoms with Gasteiger partial charge in [-0.1, -0.05) is 0 Å². The first-order valence-corrected chi connectivity index (χ1v) is 4.08. The predicted octanol–water partition coefficient (Wildman–Crippen LogP) is 1.28. The van der Waals surface area contributed by atoms with Crippen molar-refractivity contribution in [2.75, 3.05) is 0 Å². The number of halogens is 3. The molecule has 0 atom stereocenters. The molecule has 1 aromatic heterocycles. The van der Waals surface area contributed by atoms with Gasteiger partial charge in [-0.15, -0.1) is 0 Å². The summed E-state index contributed by atoms with van der Waals surface area (Å²) in [6.45, 7) is 1.93. The Hall–Kier alpha value is -1.53.